The van der Waals surface area contributed by atoms with E-state index in [0.29, 0.717) is 0 Å². The molecule has 6 amide bonds. The molecule has 17 nitrogen and oxygen atoms in total. The van der Waals surface area contributed by atoms with Gasteiger partial charge in [-0.2, -0.15) is 0 Å². The molecule has 17 heteroatoms. The first-order chi connectivity index (χ1) is 32.2. The van der Waals surface area contributed by atoms with Crippen molar-refractivity contribution in [2.75, 3.05) is 40.0 Å². The predicted octanol–water partition coefficient (Wildman–Crippen LogP) is 2.34. The summed E-state index contributed by atoms with van der Waals surface area (Å²) in [5, 5.41) is 24.6. The minimum Gasteiger partial charge on any atom is -0.394 e. The van der Waals surface area contributed by atoms with Crippen molar-refractivity contribution in [3.05, 3.63) is 70.8 Å². The number of hydrogen-bond acceptors (Lipinski definition) is 11. The van der Waals surface area contributed by atoms with Crippen LogP contribution in [0.15, 0.2) is 48.5 Å². The average molecular weight is 945 g/mol. The summed E-state index contributed by atoms with van der Waals surface area (Å²) in [7, 11) is 1.67. The molecule has 0 bridgehead atoms. The summed E-state index contributed by atoms with van der Waals surface area (Å²) < 4.78 is 12.7. The third-order valence-corrected chi connectivity index (χ3v) is 14.0. The summed E-state index contributed by atoms with van der Waals surface area (Å²) in [6, 6.07) is 10.1. The van der Waals surface area contributed by atoms with Gasteiger partial charge < -0.3 is 56.7 Å². The molecule has 2 saturated heterocycles. The molecule has 0 aromatic heterocycles. The van der Waals surface area contributed by atoms with Crippen LogP contribution in [0.1, 0.15) is 121 Å². The van der Waals surface area contributed by atoms with Crippen molar-refractivity contribution in [3.8, 4) is 0 Å². The van der Waals surface area contributed by atoms with Crippen molar-refractivity contribution < 1.29 is 43.3 Å². The molecule has 2 aliphatic carbocycles. The van der Waals surface area contributed by atoms with Crippen LogP contribution in [0, 0.1) is 10.8 Å². The van der Waals surface area contributed by atoms with Crippen LogP contribution in [0.25, 0.3) is 0 Å². The lowest BCUT2D eigenvalue weighted by molar-refractivity contribution is -0.144. The molecule has 10 atom stereocenters. The highest BCUT2D eigenvalue weighted by molar-refractivity contribution is 5.95. The highest BCUT2D eigenvalue weighted by atomic mass is 16.5. The van der Waals surface area contributed by atoms with Crippen molar-refractivity contribution in [2.24, 2.45) is 16.6 Å². The average Bonchev–Trinajstić information content (AvgIpc) is 3.95. The van der Waals surface area contributed by atoms with Gasteiger partial charge >= 0.3 is 0 Å². The Morgan fingerprint density at radius 1 is 0.691 bits per heavy atom. The van der Waals surface area contributed by atoms with E-state index in [-0.39, 0.29) is 74.9 Å². The summed E-state index contributed by atoms with van der Waals surface area (Å²) in [5.74, 6) is -2.47. The number of aliphatic hydroxyl groups is 1. The zero-order valence-electron chi connectivity index (χ0n) is 41.3. The highest BCUT2D eigenvalue weighted by Gasteiger charge is 2.48. The van der Waals surface area contributed by atoms with Gasteiger partial charge in [0, 0.05) is 25.9 Å². The summed E-state index contributed by atoms with van der Waals surface area (Å²) in [4.78, 5) is 86.9. The zero-order chi connectivity index (χ0) is 49.5. The fourth-order valence-corrected chi connectivity index (χ4v) is 9.95. The van der Waals surface area contributed by atoms with E-state index in [2.05, 4.69) is 38.7 Å². The number of nitrogens with one attached hydrogen (secondary N) is 5. The molecule has 2 aromatic rings. The number of nitrogens with zero attached hydrogens (tertiary/aromatic N) is 2. The molecule has 68 heavy (non-hydrogen) atoms. The van der Waals surface area contributed by atoms with Gasteiger partial charge in [-0.1, -0.05) is 90.1 Å². The Morgan fingerprint density at radius 2 is 1.10 bits per heavy atom. The van der Waals surface area contributed by atoms with Gasteiger partial charge in [0.05, 0.1) is 50.2 Å². The lowest BCUT2D eigenvalue weighted by Crippen LogP contribution is -2.60. The molecule has 0 saturated carbocycles. The van der Waals surface area contributed by atoms with Crippen molar-refractivity contribution in [2.45, 2.75) is 160 Å². The fourth-order valence-electron chi connectivity index (χ4n) is 9.95. The van der Waals surface area contributed by atoms with E-state index in [1.807, 2.05) is 57.2 Å². The lowest BCUT2D eigenvalue weighted by atomic mass is 9.85. The van der Waals surface area contributed by atoms with E-state index < -0.39 is 77.7 Å². The van der Waals surface area contributed by atoms with Gasteiger partial charge in [-0.25, -0.2) is 0 Å². The number of benzene rings is 2. The van der Waals surface area contributed by atoms with Gasteiger partial charge in [0.15, 0.2) is 0 Å². The Labute approximate surface area is 401 Å². The Kier molecular flexibility index (Phi) is 17.5. The van der Waals surface area contributed by atoms with E-state index in [9.17, 15) is 33.9 Å². The minimum atomic E-state index is -1.23. The first-order valence-electron chi connectivity index (χ1n) is 24.5. The maximum atomic E-state index is 14.6. The summed E-state index contributed by atoms with van der Waals surface area (Å²) in [6.45, 7) is 12.5. The summed E-state index contributed by atoms with van der Waals surface area (Å²) in [5.41, 5.74) is 8.87. The first-order valence-corrected chi connectivity index (χ1v) is 24.5. The molecule has 1 unspecified atom stereocenters. The Balaban J connectivity index is 1.16. The minimum absolute atomic E-state index is 0.0665. The number of likely N-dealkylation sites (tertiary alicyclic amines) is 2. The second-order valence-electron chi connectivity index (χ2n) is 21.2. The standard InChI is InChI=1S/C51H76N8O9/c1-30(53-8)44(61)56-42(50(2,3)4)48(65)58-27-33(25-40(58)46(63)54-38-21-13-17-31-15-9-11-19-35(31)38)67-23-24-68-34-26-41(47(64)55-39-22-14-18-32-16-10-12-20-36(32)39)59(28-34)49(66)43(51(5,6)7)57-45(62)37(52)29-60/h9-12,15-16,19-20,30,33-34,37-43,53,60H,13-14,17-18,21-29,52H2,1-8H3,(H,54,63)(H,55,64)(H,56,61)(H,57,62)/t30-,33-,34-,37-,38?,39+,40-,41-,42+,43+/m0/s1. The number of amides is 6. The quantitative estimate of drug-likeness (QED) is 0.114. The van der Waals surface area contributed by atoms with Gasteiger partial charge in [-0.3, -0.25) is 28.8 Å². The van der Waals surface area contributed by atoms with E-state index in [1.165, 1.54) is 16.0 Å². The molecule has 374 valence electrons. The van der Waals surface area contributed by atoms with Crippen LogP contribution in [-0.4, -0.2) is 139 Å². The number of hydrogen-bond donors (Lipinski definition) is 7. The zero-order valence-corrected chi connectivity index (χ0v) is 41.3. The molecule has 2 heterocycles. The number of rotatable bonds is 17. The van der Waals surface area contributed by atoms with Crippen LogP contribution in [0.3, 0.4) is 0 Å². The molecule has 0 radical (unpaired) electrons. The van der Waals surface area contributed by atoms with Crippen molar-refractivity contribution in [1.82, 2.24) is 36.4 Å². The maximum absolute atomic E-state index is 14.6. The van der Waals surface area contributed by atoms with Crippen LogP contribution >= 0.6 is 0 Å². The normalized spacial score (nSPS) is 24.4. The fraction of sp³-hybridized carbons (Fsp3) is 0.647. The molecule has 2 fully saturated rings. The third-order valence-electron chi connectivity index (χ3n) is 14.0. The Morgan fingerprint density at radius 3 is 1.50 bits per heavy atom. The SMILES string of the molecule is CN[C@@H](C)C(=O)N[C@H](C(=O)N1C[C@@H](OCCO[C@H]2C[C@@H](C(=O)N[C@@H]3CCCc4ccccc43)N(C(=O)[C@@H](NC(=O)[C@@H](N)CO)C(C)(C)C)C2)C[C@H]1C(=O)NC1CCCc2ccccc21)C(C)(C)C. The van der Waals surface area contributed by atoms with E-state index >= 15 is 0 Å². The highest BCUT2D eigenvalue weighted by Crippen LogP contribution is 2.34. The number of fused-ring (bicyclic) bond motifs is 2. The molecule has 8 N–H and O–H groups in total. The molecule has 4 aliphatic rings. The third kappa shape index (κ3) is 12.6. The molecule has 0 spiro atoms. The van der Waals surface area contributed by atoms with Gasteiger partial charge in [0.25, 0.3) is 0 Å². The molecule has 6 rings (SSSR count). The Bertz CT molecular complexity index is 1970. The van der Waals surface area contributed by atoms with Crippen molar-refractivity contribution in [1.29, 1.82) is 0 Å². The maximum Gasteiger partial charge on any atom is 0.246 e. The smallest absolute Gasteiger partial charge is 0.246 e. The molecule has 2 aliphatic heterocycles. The van der Waals surface area contributed by atoms with Gasteiger partial charge in [-0.15, -0.1) is 0 Å². The van der Waals surface area contributed by atoms with Crippen LogP contribution in [-0.2, 0) is 51.1 Å². The van der Waals surface area contributed by atoms with E-state index in [4.69, 9.17) is 15.2 Å². The first kappa shape index (κ1) is 52.4. The van der Waals surface area contributed by atoms with Crippen molar-refractivity contribution in [3.63, 3.8) is 0 Å². The number of likely N-dealkylation sites (N-methyl/N-ethyl adjacent to an activating group) is 1. The number of aliphatic hydroxyl groups excluding tert-OH is 1. The summed E-state index contributed by atoms with van der Waals surface area (Å²) >= 11 is 0. The second-order valence-corrected chi connectivity index (χ2v) is 21.2. The molecular weight excluding hydrogens is 869 g/mol. The second kappa shape index (κ2) is 22.7. The van der Waals surface area contributed by atoms with Gasteiger partial charge in [-0.05, 0) is 85.6 Å². The lowest BCUT2D eigenvalue weighted by Gasteiger charge is -2.36. The predicted molar refractivity (Wildman–Crippen MR) is 257 cm³/mol. The monoisotopic (exact) mass is 945 g/mol. The van der Waals surface area contributed by atoms with Crippen molar-refractivity contribution >= 4 is 35.4 Å². The largest absolute Gasteiger partial charge is 0.394 e. The van der Waals surface area contributed by atoms with E-state index in [1.54, 1.807) is 39.6 Å². The number of nitrogens with two attached hydrogens (primary N) is 1. The molecular formula is C51H76N8O9. The van der Waals surface area contributed by atoms with Crippen LogP contribution in [0.2, 0.25) is 0 Å². The number of aryl methyl sites for hydroxylation is 2. The topological polar surface area (TPSA) is 234 Å². The van der Waals surface area contributed by atoms with Crippen LogP contribution < -0.4 is 32.3 Å². The number of carbonyl (C=O) groups excluding carboxylic acids is 6. The molecule has 2 aromatic carbocycles. The summed E-state index contributed by atoms with van der Waals surface area (Å²) in [6.07, 6.45) is 4.51. The van der Waals surface area contributed by atoms with Crippen LogP contribution in [0.5, 0.6) is 0 Å². The van der Waals surface area contributed by atoms with E-state index in [0.717, 1.165) is 49.7 Å². The van der Waals surface area contributed by atoms with Gasteiger partial charge in [0.2, 0.25) is 35.4 Å². The van der Waals surface area contributed by atoms with Gasteiger partial charge in [0.1, 0.15) is 30.2 Å². The number of ether oxygens (including phenoxy) is 2. The number of carbonyl (C=O) groups is 6. The Hall–Kier alpha value is -4.94. The van der Waals surface area contributed by atoms with Crippen LogP contribution in [0.4, 0.5) is 0 Å².